The van der Waals surface area contributed by atoms with Gasteiger partial charge in [0.15, 0.2) is 5.76 Å². The van der Waals surface area contributed by atoms with Crippen molar-refractivity contribution < 1.29 is 17.7 Å². The van der Waals surface area contributed by atoms with Gasteiger partial charge < -0.3 is 14.2 Å². The van der Waals surface area contributed by atoms with Crippen LogP contribution in [0.2, 0.25) is 0 Å². The van der Waals surface area contributed by atoms with Crippen LogP contribution in [0.4, 0.5) is 5.69 Å². The van der Waals surface area contributed by atoms with E-state index in [1.165, 1.54) is 4.31 Å². The molecule has 2 aromatic rings. The molecule has 3 rings (SSSR count). The van der Waals surface area contributed by atoms with Crippen molar-refractivity contribution in [3.8, 4) is 5.75 Å². The van der Waals surface area contributed by atoms with Crippen LogP contribution >= 0.6 is 0 Å². The molecule has 0 fully saturated rings. The molecule has 2 heterocycles. The van der Waals surface area contributed by atoms with Crippen molar-refractivity contribution in [3.05, 3.63) is 35.2 Å². The first-order chi connectivity index (χ1) is 11.3. The molecule has 24 heavy (non-hydrogen) atoms. The highest BCUT2D eigenvalue weighted by Crippen LogP contribution is 2.31. The normalized spacial score (nSPS) is 15.5. The minimum atomic E-state index is -3.70. The Bertz CT molecular complexity index is 839. The van der Waals surface area contributed by atoms with Crippen LogP contribution in [0.3, 0.4) is 0 Å². The van der Waals surface area contributed by atoms with Crippen LogP contribution in [0.25, 0.3) is 0 Å². The predicted octanol–water partition coefficient (Wildman–Crippen LogP) is 1.94. The molecule has 0 amide bonds. The minimum absolute atomic E-state index is 0.148. The molecule has 1 aliphatic rings. The molecule has 0 atom stereocenters. The molecule has 0 radical (unpaired) electrons. The summed E-state index contributed by atoms with van der Waals surface area (Å²) >= 11 is 0. The summed E-state index contributed by atoms with van der Waals surface area (Å²) in [6.45, 7) is 4.08. The van der Waals surface area contributed by atoms with Gasteiger partial charge in [-0.15, -0.1) is 0 Å². The number of benzene rings is 1. The summed E-state index contributed by atoms with van der Waals surface area (Å²) in [5, 5.41) is 3.76. The fraction of sp³-hybridized carbons (Fsp3) is 0.438. The van der Waals surface area contributed by atoms with Crippen LogP contribution in [0.1, 0.15) is 17.0 Å². The van der Waals surface area contributed by atoms with Crippen molar-refractivity contribution in [1.29, 1.82) is 0 Å². The van der Waals surface area contributed by atoms with Crippen LogP contribution in [0, 0.1) is 13.8 Å². The summed E-state index contributed by atoms with van der Waals surface area (Å²) in [6.07, 6.45) is 0. The summed E-state index contributed by atoms with van der Waals surface area (Å²) in [5.74, 6) is 1.02. The summed E-state index contributed by atoms with van der Waals surface area (Å²) < 4.78 is 38.2. The SMILES string of the molecule is Cc1noc(C)c1S(=O)(=O)N1CCOc2ccc(N(C)C)cc2C1. The average molecular weight is 351 g/mol. The summed E-state index contributed by atoms with van der Waals surface area (Å²) in [5.41, 5.74) is 2.21. The predicted molar refractivity (Wildman–Crippen MR) is 89.8 cm³/mol. The van der Waals surface area contributed by atoms with Crippen molar-refractivity contribution in [2.24, 2.45) is 0 Å². The lowest BCUT2D eigenvalue weighted by molar-refractivity contribution is 0.292. The molecule has 1 aliphatic heterocycles. The van der Waals surface area contributed by atoms with Gasteiger partial charge in [-0.3, -0.25) is 0 Å². The van der Waals surface area contributed by atoms with E-state index in [1.54, 1.807) is 13.8 Å². The van der Waals surface area contributed by atoms with E-state index in [9.17, 15) is 8.42 Å². The molecule has 0 aliphatic carbocycles. The zero-order valence-corrected chi connectivity index (χ0v) is 15.1. The molecule has 0 N–H and O–H groups in total. The van der Waals surface area contributed by atoms with Crippen LogP contribution in [-0.4, -0.2) is 45.1 Å². The number of fused-ring (bicyclic) bond motifs is 1. The molecule has 0 unspecified atom stereocenters. The second-order valence-electron chi connectivity index (χ2n) is 6.03. The number of ether oxygens (including phenoxy) is 1. The van der Waals surface area contributed by atoms with Crippen molar-refractivity contribution >= 4 is 15.7 Å². The lowest BCUT2D eigenvalue weighted by Crippen LogP contribution is -2.33. The zero-order chi connectivity index (χ0) is 17.5. The Balaban J connectivity index is 2.00. The number of hydrogen-bond donors (Lipinski definition) is 0. The van der Waals surface area contributed by atoms with Crippen LogP contribution in [0.5, 0.6) is 5.75 Å². The lowest BCUT2D eigenvalue weighted by atomic mass is 10.1. The van der Waals surface area contributed by atoms with Crippen LogP contribution in [0.15, 0.2) is 27.6 Å². The number of aryl methyl sites for hydroxylation is 2. The number of hydrogen-bond acceptors (Lipinski definition) is 6. The van der Waals surface area contributed by atoms with Crippen molar-refractivity contribution in [2.45, 2.75) is 25.3 Å². The first-order valence-corrected chi connectivity index (χ1v) is 9.11. The summed E-state index contributed by atoms with van der Waals surface area (Å²) in [6, 6.07) is 5.80. The van der Waals surface area contributed by atoms with Gasteiger partial charge in [0.1, 0.15) is 22.9 Å². The maximum Gasteiger partial charge on any atom is 0.248 e. The Hall–Kier alpha value is -2.06. The quantitative estimate of drug-likeness (QED) is 0.841. The molecule has 1 aromatic heterocycles. The van der Waals surface area contributed by atoms with E-state index in [-0.39, 0.29) is 18.0 Å². The van der Waals surface area contributed by atoms with Gasteiger partial charge in [-0.1, -0.05) is 5.16 Å². The van der Waals surface area contributed by atoms with Gasteiger partial charge in [-0.2, -0.15) is 4.31 Å². The van der Waals surface area contributed by atoms with Gasteiger partial charge in [0.05, 0.1) is 0 Å². The van der Waals surface area contributed by atoms with Crippen molar-refractivity contribution in [1.82, 2.24) is 9.46 Å². The first kappa shape index (κ1) is 16.8. The molecule has 0 saturated heterocycles. The van der Waals surface area contributed by atoms with E-state index in [2.05, 4.69) is 5.16 Å². The van der Waals surface area contributed by atoms with Crippen molar-refractivity contribution in [3.63, 3.8) is 0 Å². The third-order valence-electron chi connectivity index (χ3n) is 4.07. The molecule has 0 saturated carbocycles. The third-order valence-corrected chi connectivity index (χ3v) is 6.16. The van der Waals surface area contributed by atoms with E-state index in [0.29, 0.717) is 18.1 Å². The summed E-state index contributed by atoms with van der Waals surface area (Å²) in [4.78, 5) is 2.12. The molecule has 0 spiro atoms. The Kier molecular flexibility index (Phi) is 4.27. The fourth-order valence-corrected chi connectivity index (χ4v) is 4.51. The maximum absolute atomic E-state index is 13.0. The average Bonchev–Trinajstić information content (AvgIpc) is 2.74. The number of anilines is 1. The highest BCUT2D eigenvalue weighted by molar-refractivity contribution is 7.89. The summed E-state index contributed by atoms with van der Waals surface area (Å²) in [7, 11) is 0.189. The number of aromatic nitrogens is 1. The smallest absolute Gasteiger partial charge is 0.248 e. The van der Waals surface area contributed by atoms with E-state index in [4.69, 9.17) is 9.26 Å². The van der Waals surface area contributed by atoms with E-state index >= 15 is 0 Å². The largest absolute Gasteiger partial charge is 0.492 e. The molecule has 0 bridgehead atoms. The molecular formula is C16H21N3O4S. The Morgan fingerprint density at radius 2 is 2.00 bits per heavy atom. The number of sulfonamides is 1. The number of rotatable bonds is 3. The lowest BCUT2D eigenvalue weighted by Gasteiger charge is -2.20. The zero-order valence-electron chi connectivity index (χ0n) is 14.2. The van der Waals surface area contributed by atoms with Gasteiger partial charge in [-0.25, -0.2) is 8.42 Å². The molecule has 7 nitrogen and oxygen atoms in total. The topological polar surface area (TPSA) is 75.9 Å². The molecule has 130 valence electrons. The Morgan fingerprint density at radius 1 is 1.25 bits per heavy atom. The maximum atomic E-state index is 13.0. The highest BCUT2D eigenvalue weighted by Gasteiger charge is 2.32. The first-order valence-electron chi connectivity index (χ1n) is 7.67. The second kappa shape index (κ2) is 6.10. The van der Waals surface area contributed by atoms with Crippen molar-refractivity contribution in [2.75, 3.05) is 32.1 Å². The molecule has 1 aromatic carbocycles. The van der Waals surface area contributed by atoms with Gasteiger partial charge in [0, 0.05) is 38.4 Å². The molecule has 8 heteroatoms. The second-order valence-corrected chi connectivity index (χ2v) is 7.90. The van der Waals surface area contributed by atoms with Gasteiger partial charge in [-0.05, 0) is 32.0 Å². The van der Waals surface area contributed by atoms with Gasteiger partial charge in [0.25, 0.3) is 0 Å². The third kappa shape index (κ3) is 2.87. The van der Waals surface area contributed by atoms with Gasteiger partial charge >= 0.3 is 0 Å². The standard InChI is InChI=1S/C16H21N3O4S/c1-11-16(12(2)23-17-11)24(20,21)19-7-8-22-15-6-5-14(18(3)4)9-13(15)10-19/h5-6,9H,7-8,10H2,1-4H3. The van der Waals surface area contributed by atoms with E-state index in [1.807, 2.05) is 37.2 Å². The Labute approximate surface area is 141 Å². The van der Waals surface area contributed by atoms with Gasteiger partial charge in [0.2, 0.25) is 10.0 Å². The fourth-order valence-electron chi connectivity index (χ4n) is 2.81. The van der Waals surface area contributed by atoms with Crippen LogP contribution in [-0.2, 0) is 16.6 Å². The number of nitrogens with zero attached hydrogens (tertiary/aromatic N) is 3. The van der Waals surface area contributed by atoms with E-state index in [0.717, 1.165) is 17.0 Å². The monoisotopic (exact) mass is 351 g/mol. The minimum Gasteiger partial charge on any atom is -0.492 e. The van der Waals surface area contributed by atoms with E-state index < -0.39 is 10.0 Å². The molecular weight excluding hydrogens is 330 g/mol. The highest BCUT2D eigenvalue weighted by atomic mass is 32.2. The Morgan fingerprint density at radius 3 is 2.62 bits per heavy atom. The van der Waals surface area contributed by atoms with Crippen LogP contribution < -0.4 is 9.64 Å².